The van der Waals surface area contributed by atoms with E-state index in [1.165, 1.54) is 0 Å². The lowest BCUT2D eigenvalue weighted by molar-refractivity contribution is 0.756. The number of para-hydroxylation sites is 1. The zero-order valence-electron chi connectivity index (χ0n) is 10.9. The molecule has 1 aromatic heterocycles. The van der Waals surface area contributed by atoms with Gasteiger partial charge in [0.15, 0.2) is 0 Å². The summed E-state index contributed by atoms with van der Waals surface area (Å²) in [7, 11) is 2.05. The number of nitrogens with zero attached hydrogens (tertiary/aromatic N) is 3. The van der Waals surface area contributed by atoms with Gasteiger partial charge in [-0.05, 0) is 25.3 Å². The SMILES string of the molecule is CSCC(C)N(C)c1nc(N)nc2ccccc12. The highest BCUT2D eigenvalue weighted by molar-refractivity contribution is 7.98. The maximum atomic E-state index is 5.78. The van der Waals surface area contributed by atoms with Crippen molar-refractivity contribution >= 4 is 34.4 Å². The van der Waals surface area contributed by atoms with Gasteiger partial charge in [0.2, 0.25) is 5.95 Å². The van der Waals surface area contributed by atoms with Crippen LogP contribution in [0.3, 0.4) is 0 Å². The van der Waals surface area contributed by atoms with Crippen molar-refractivity contribution in [3.8, 4) is 0 Å². The van der Waals surface area contributed by atoms with Crippen LogP contribution in [0.5, 0.6) is 0 Å². The molecule has 1 heterocycles. The number of nitrogens with two attached hydrogens (primary N) is 1. The predicted molar refractivity (Wildman–Crippen MR) is 80.2 cm³/mol. The monoisotopic (exact) mass is 262 g/mol. The summed E-state index contributed by atoms with van der Waals surface area (Å²) < 4.78 is 0. The Morgan fingerprint density at radius 2 is 2.06 bits per heavy atom. The van der Waals surface area contributed by atoms with Crippen molar-refractivity contribution in [1.29, 1.82) is 0 Å². The van der Waals surface area contributed by atoms with E-state index in [1.54, 1.807) is 0 Å². The van der Waals surface area contributed by atoms with Gasteiger partial charge in [-0.2, -0.15) is 16.7 Å². The zero-order chi connectivity index (χ0) is 13.1. The minimum atomic E-state index is 0.326. The van der Waals surface area contributed by atoms with Crippen LogP contribution in [-0.4, -0.2) is 35.1 Å². The zero-order valence-corrected chi connectivity index (χ0v) is 11.7. The molecule has 1 atom stereocenters. The van der Waals surface area contributed by atoms with Crippen LogP contribution in [0.4, 0.5) is 11.8 Å². The van der Waals surface area contributed by atoms with Crippen LogP contribution < -0.4 is 10.6 Å². The standard InChI is InChI=1S/C13H18N4S/c1-9(8-18-3)17(2)12-10-6-4-5-7-11(10)15-13(14)16-12/h4-7,9H,8H2,1-3H3,(H2,14,15,16). The van der Waals surface area contributed by atoms with Gasteiger partial charge in [0, 0.05) is 24.2 Å². The summed E-state index contributed by atoms with van der Waals surface area (Å²) in [5.41, 5.74) is 6.67. The molecule has 0 aliphatic carbocycles. The molecule has 0 saturated heterocycles. The number of hydrogen-bond donors (Lipinski definition) is 1. The van der Waals surface area contributed by atoms with E-state index >= 15 is 0 Å². The van der Waals surface area contributed by atoms with Gasteiger partial charge >= 0.3 is 0 Å². The Kier molecular flexibility index (Phi) is 3.91. The molecule has 1 aromatic carbocycles. The molecule has 0 bridgehead atoms. The normalized spacial score (nSPS) is 12.6. The lowest BCUT2D eigenvalue weighted by atomic mass is 10.2. The molecular formula is C13H18N4S. The maximum Gasteiger partial charge on any atom is 0.222 e. The predicted octanol–water partition coefficient (Wildman–Crippen LogP) is 2.40. The Morgan fingerprint density at radius 1 is 1.33 bits per heavy atom. The average molecular weight is 262 g/mol. The first-order valence-corrected chi connectivity index (χ1v) is 7.27. The highest BCUT2D eigenvalue weighted by Gasteiger charge is 2.15. The number of thioether (sulfide) groups is 1. The van der Waals surface area contributed by atoms with Gasteiger partial charge in [-0.15, -0.1) is 0 Å². The first-order chi connectivity index (χ1) is 8.63. The molecule has 2 rings (SSSR count). The van der Waals surface area contributed by atoms with E-state index in [0.717, 1.165) is 22.5 Å². The van der Waals surface area contributed by atoms with Crippen molar-refractivity contribution in [2.24, 2.45) is 0 Å². The second-order valence-electron chi connectivity index (χ2n) is 4.34. The number of fused-ring (bicyclic) bond motifs is 1. The van der Waals surface area contributed by atoms with E-state index in [9.17, 15) is 0 Å². The van der Waals surface area contributed by atoms with E-state index in [1.807, 2.05) is 36.0 Å². The van der Waals surface area contributed by atoms with E-state index in [4.69, 9.17) is 5.73 Å². The number of benzene rings is 1. The minimum absolute atomic E-state index is 0.326. The van der Waals surface area contributed by atoms with Crippen LogP contribution >= 0.6 is 11.8 Å². The third-order valence-corrected chi connectivity index (χ3v) is 3.82. The van der Waals surface area contributed by atoms with Gasteiger partial charge in [-0.25, -0.2) is 4.98 Å². The van der Waals surface area contributed by atoms with Gasteiger partial charge in [0.05, 0.1) is 5.52 Å². The van der Waals surface area contributed by atoms with Crippen LogP contribution in [0.1, 0.15) is 6.92 Å². The van der Waals surface area contributed by atoms with E-state index in [2.05, 4.69) is 35.1 Å². The van der Waals surface area contributed by atoms with Crippen LogP contribution in [-0.2, 0) is 0 Å². The highest BCUT2D eigenvalue weighted by Crippen LogP contribution is 2.25. The molecule has 0 amide bonds. The number of aromatic nitrogens is 2. The Morgan fingerprint density at radius 3 is 2.78 bits per heavy atom. The van der Waals surface area contributed by atoms with E-state index in [0.29, 0.717) is 12.0 Å². The van der Waals surface area contributed by atoms with Crippen molar-refractivity contribution in [3.05, 3.63) is 24.3 Å². The highest BCUT2D eigenvalue weighted by atomic mass is 32.2. The third kappa shape index (κ3) is 2.51. The molecule has 0 spiro atoms. The van der Waals surface area contributed by atoms with Crippen LogP contribution in [0.25, 0.3) is 10.9 Å². The average Bonchev–Trinajstić information content (AvgIpc) is 2.37. The van der Waals surface area contributed by atoms with Gasteiger partial charge in [-0.1, -0.05) is 12.1 Å². The Balaban J connectivity index is 2.49. The fraction of sp³-hybridized carbons (Fsp3) is 0.385. The molecule has 1 unspecified atom stereocenters. The topological polar surface area (TPSA) is 55.0 Å². The molecular weight excluding hydrogens is 244 g/mol. The molecule has 2 N–H and O–H groups in total. The van der Waals surface area contributed by atoms with E-state index in [-0.39, 0.29) is 0 Å². The molecule has 0 aliphatic rings. The molecule has 4 nitrogen and oxygen atoms in total. The minimum Gasteiger partial charge on any atom is -0.368 e. The molecule has 5 heteroatoms. The van der Waals surface area contributed by atoms with Crippen molar-refractivity contribution in [2.75, 3.05) is 29.7 Å². The Labute approximate surface area is 112 Å². The molecule has 96 valence electrons. The molecule has 18 heavy (non-hydrogen) atoms. The molecule has 0 saturated carbocycles. The van der Waals surface area contributed by atoms with Gasteiger partial charge in [0.1, 0.15) is 5.82 Å². The number of hydrogen-bond acceptors (Lipinski definition) is 5. The fourth-order valence-corrected chi connectivity index (χ4v) is 2.61. The number of rotatable bonds is 4. The number of anilines is 2. The van der Waals surface area contributed by atoms with Crippen molar-refractivity contribution < 1.29 is 0 Å². The number of nitrogen functional groups attached to an aromatic ring is 1. The molecule has 0 fully saturated rings. The van der Waals surface area contributed by atoms with Crippen molar-refractivity contribution in [2.45, 2.75) is 13.0 Å². The Bertz CT molecular complexity index is 544. The van der Waals surface area contributed by atoms with Crippen LogP contribution in [0.2, 0.25) is 0 Å². The quantitative estimate of drug-likeness (QED) is 0.917. The van der Waals surface area contributed by atoms with Gasteiger partial charge < -0.3 is 10.6 Å². The summed E-state index contributed by atoms with van der Waals surface area (Å²) in [5, 5.41) is 1.04. The summed E-state index contributed by atoms with van der Waals surface area (Å²) in [6.45, 7) is 2.18. The Hall–Kier alpha value is -1.49. The van der Waals surface area contributed by atoms with Crippen LogP contribution in [0, 0.1) is 0 Å². The summed E-state index contributed by atoms with van der Waals surface area (Å²) in [4.78, 5) is 10.8. The van der Waals surface area contributed by atoms with Gasteiger partial charge in [0.25, 0.3) is 0 Å². The molecule has 2 aromatic rings. The van der Waals surface area contributed by atoms with Gasteiger partial charge in [-0.3, -0.25) is 0 Å². The largest absolute Gasteiger partial charge is 0.368 e. The molecule has 0 aliphatic heterocycles. The van der Waals surface area contributed by atoms with E-state index < -0.39 is 0 Å². The summed E-state index contributed by atoms with van der Waals surface area (Å²) >= 11 is 1.83. The van der Waals surface area contributed by atoms with Crippen molar-refractivity contribution in [1.82, 2.24) is 9.97 Å². The first-order valence-electron chi connectivity index (χ1n) is 5.87. The fourth-order valence-electron chi connectivity index (χ4n) is 1.91. The smallest absolute Gasteiger partial charge is 0.222 e. The second kappa shape index (κ2) is 5.44. The van der Waals surface area contributed by atoms with Crippen molar-refractivity contribution in [3.63, 3.8) is 0 Å². The molecule has 0 radical (unpaired) electrons. The third-order valence-electron chi connectivity index (χ3n) is 3.00. The first kappa shape index (κ1) is 13.0. The lowest BCUT2D eigenvalue weighted by Crippen LogP contribution is -2.32. The summed E-state index contributed by atoms with van der Waals surface area (Å²) in [6, 6.07) is 8.36. The summed E-state index contributed by atoms with van der Waals surface area (Å²) in [5.74, 6) is 2.28. The lowest BCUT2D eigenvalue weighted by Gasteiger charge is -2.26. The summed E-state index contributed by atoms with van der Waals surface area (Å²) in [6.07, 6.45) is 2.11. The second-order valence-corrected chi connectivity index (χ2v) is 5.25. The van der Waals surface area contributed by atoms with Crippen LogP contribution in [0.15, 0.2) is 24.3 Å². The maximum absolute atomic E-state index is 5.78.